The monoisotopic (exact) mass is 186 g/mol. The molecule has 3 heteroatoms. The number of ether oxygens (including phenoxy) is 2. The van der Waals surface area contributed by atoms with Crippen LogP contribution in [0.25, 0.3) is 0 Å². The Labute approximate surface area is 79.4 Å². The third-order valence-corrected chi connectivity index (χ3v) is 2.03. The van der Waals surface area contributed by atoms with Crippen molar-refractivity contribution >= 4 is 5.97 Å². The molecule has 1 rings (SSSR count). The molecule has 0 aromatic rings. The van der Waals surface area contributed by atoms with E-state index in [9.17, 15) is 4.79 Å². The Hall–Kier alpha value is -0.570. The van der Waals surface area contributed by atoms with Crippen LogP contribution in [0, 0.1) is 5.92 Å². The molecule has 1 saturated heterocycles. The summed E-state index contributed by atoms with van der Waals surface area (Å²) in [6.07, 6.45) is 2.77. The van der Waals surface area contributed by atoms with Crippen molar-refractivity contribution in [1.82, 2.24) is 0 Å². The van der Waals surface area contributed by atoms with Crippen LogP contribution in [0.15, 0.2) is 0 Å². The molecule has 1 unspecified atom stereocenters. The molecule has 1 fully saturated rings. The van der Waals surface area contributed by atoms with Crippen LogP contribution in [0.3, 0.4) is 0 Å². The standard InChI is InChI=1S/C10H18O3/c1-8(2)6-10(11)13-7-9-4-3-5-12-9/h8-9H,3-7H2,1-2H3. The van der Waals surface area contributed by atoms with E-state index in [1.807, 2.05) is 13.8 Å². The zero-order chi connectivity index (χ0) is 9.68. The molecule has 1 aliphatic heterocycles. The Bertz CT molecular complexity index is 160. The maximum atomic E-state index is 11.1. The molecule has 0 radical (unpaired) electrons. The van der Waals surface area contributed by atoms with E-state index in [0.717, 1.165) is 19.4 Å². The molecule has 1 aliphatic rings. The zero-order valence-electron chi connectivity index (χ0n) is 8.41. The van der Waals surface area contributed by atoms with Crippen molar-refractivity contribution in [2.24, 2.45) is 5.92 Å². The van der Waals surface area contributed by atoms with Crippen molar-refractivity contribution in [3.63, 3.8) is 0 Å². The van der Waals surface area contributed by atoms with E-state index in [4.69, 9.17) is 9.47 Å². The molecule has 76 valence electrons. The van der Waals surface area contributed by atoms with E-state index in [-0.39, 0.29) is 12.1 Å². The summed E-state index contributed by atoms with van der Waals surface area (Å²) in [6, 6.07) is 0. The van der Waals surface area contributed by atoms with Gasteiger partial charge in [0.05, 0.1) is 6.10 Å². The lowest BCUT2D eigenvalue weighted by Gasteiger charge is -2.10. The van der Waals surface area contributed by atoms with Gasteiger partial charge in [-0.2, -0.15) is 0 Å². The molecule has 13 heavy (non-hydrogen) atoms. The predicted molar refractivity (Wildman–Crippen MR) is 49.4 cm³/mol. The lowest BCUT2D eigenvalue weighted by Crippen LogP contribution is -2.18. The fraction of sp³-hybridized carbons (Fsp3) is 0.900. The minimum Gasteiger partial charge on any atom is -0.463 e. The maximum absolute atomic E-state index is 11.1. The Balaban J connectivity index is 2.07. The summed E-state index contributed by atoms with van der Waals surface area (Å²) in [7, 11) is 0. The highest BCUT2D eigenvalue weighted by molar-refractivity contribution is 5.69. The third-order valence-electron chi connectivity index (χ3n) is 2.03. The van der Waals surface area contributed by atoms with Gasteiger partial charge in [-0.3, -0.25) is 4.79 Å². The molecule has 0 spiro atoms. The Morgan fingerprint density at radius 2 is 2.38 bits per heavy atom. The van der Waals surface area contributed by atoms with Crippen LogP contribution in [-0.2, 0) is 14.3 Å². The smallest absolute Gasteiger partial charge is 0.306 e. The van der Waals surface area contributed by atoms with Crippen LogP contribution in [0.2, 0.25) is 0 Å². The van der Waals surface area contributed by atoms with Crippen molar-refractivity contribution in [3.8, 4) is 0 Å². The van der Waals surface area contributed by atoms with Crippen molar-refractivity contribution in [2.75, 3.05) is 13.2 Å². The van der Waals surface area contributed by atoms with Gasteiger partial charge >= 0.3 is 5.97 Å². The molecule has 0 amide bonds. The number of carbonyl (C=O) groups excluding carboxylic acids is 1. The molecule has 0 aliphatic carbocycles. The third kappa shape index (κ3) is 4.27. The van der Waals surface area contributed by atoms with Crippen molar-refractivity contribution < 1.29 is 14.3 Å². The van der Waals surface area contributed by atoms with Crippen LogP contribution in [0.4, 0.5) is 0 Å². The summed E-state index contributed by atoms with van der Waals surface area (Å²) in [5.74, 6) is 0.266. The number of hydrogen-bond donors (Lipinski definition) is 0. The van der Waals surface area contributed by atoms with Crippen LogP contribution < -0.4 is 0 Å². The van der Waals surface area contributed by atoms with Crippen LogP contribution >= 0.6 is 0 Å². The van der Waals surface area contributed by atoms with E-state index in [2.05, 4.69) is 0 Å². The molecule has 1 atom stereocenters. The first-order valence-electron chi connectivity index (χ1n) is 4.95. The second-order valence-electron chi connectivity index (χ2n) is 3.92. The minimum atomic E-state index is -0.106. The quantitative estimate of drug-likeness (QED) is 0.627. The molecule has 3 nitrogen and oxygen atoms in total. The summed E-state index contributed by atoms with van der Waals surface area (Å²) >= 11 is 0. The van der Waals surface area contributed by atoms with E-state index in [0.29, 0.717) is 18.9 Å². The van der Waals surface area contributed by atoms with E-state index in [1.165, 1.54) is 0 Å². The summed E-state index contributed by atoms with van der Waals surface area (Å²) in [5, 5.41) is 0. The number of hydrogen-bond acceptors (Lipinski definition) is 3. The van der Waals surface area contributed by atoms with Gasteiger partial charge in [-0.05, 0) is 18.8 Å². The van der Waals surface area contributed by atoms with Crippen molar-refractivity contribution in [1.29, 1.82) is 0 Å². The second-order valence-corrected chi connectivity index (χ2v) is 3.92. The highest BCUT2D eigenvalue weighted by atomic mass is 16.6. The first-order chi connectivity index (χ1) is 6.18. The van der Waals surface area contributed by atoms with Gasteiger partial charge < -0.3 is 9.47 Å². The molecule has 0 saturated carbocycles. The van der Waals surface area contributed by atoms with Gasteiger partial charge in [0, 0.05) is 13.0 Å². The zero-order valence-corrected chi connectivity index (χ0v) is 8.41. The second kappa shape index (κ2) is 5.22. The lowest BCUT2D eigenvalue weighted by molar-refractivity contribution is -0.147. The largest absolute Gasteiger partial charge is 0.463 e. The van der Waals surface area contributed by atoms with Crippen molar-refractivity contribution in [3.05, 3.63) is 0 Å². The highest BCUT2D eigenvalue weighted by Gasteiger charge is 2.17. The summed E-state index contributed by atoms with van der Waals surface area (Å²) in [6.45, 7) is 5.26. The fourth-order valence-electron chi connectivity index (χ4n) is 1.35. The highest BCUT2D eigenvalue weighted by Crippen LogP contribution is 2.12. The molecular formula is C10H18O3. The summed E-state index contributed by atoms with van der Waals surface area (Å²) < 4.78 is 10.4. The molecule has 0 aromatic heterocycles. The molecule has 0 N–H and O–H groups in total. The summed E-state index contributed by atoms with van der Waals surface area (Å²) in [5.41, 5.74) is 0. The topological polar surface area (TPSA) is 35.5 Å². The first-order valence-corrected chi connectivity index (χ1v) is 4.95. The number of esters is 1. The van der Waals surface area contributed by atoms with Gasteiger partial charge in [-0.15, -0.1) is 0 Å². The predicted octanol–water partition coefficient (Wildman–Crippen LogP) is 1.75. The Morgan fingerprint density at radius 3 is 2.92 bits per heavy atom. The number of carbonyl (C=O) groups is 1. The Kier molecular flexibility index (Phi) is 4.22. The minimum absolute atomic E-state index is 0.106. The average molecular weight is 186 g/mol. The van der Waals surface area contributed by atoms with E-state index in [1.54, 1.807) is 0 Å². The Morgan fingerprint density at radius 1 is 1.62 bits per heavy atom. The normalized spacial score (nSPS) is 22.2. The molecule has 0 bridgehead atoms. The van der Waals surface area contributed by atoms with Gasteiger partial charge in [0.2, 0.25) is 0 Å². The van der Waals surface area contributed by atoms with Gasteiger partial charge in [0.15, 0.2) is 0 Å². The molecule has 1 heterocycles. The van der Waals surface area contributed by atoms with E-state index >= 15 is 0 Å². The van der Waals surface area contributed by atoms with Crippen molar-refractivity contribution in [2.45, 2.75) is 39.2 Å². The van der Waals surface area contributed by atoms with Crippen LogP contribution in [0.5, 0.6) is 0 Å². The number of rotatable bonds is 4. The average Bonchev–Trinajstić information content (AvgIpc) is 2.51. The van der Waals surface area contributed by atoms with Gasteiger partial charge in [-0.1, -0.05) is 13.8 Å². The fourth-order valence-corrected chi connectivity index (χ4v) is 1.35. The maximum Gasteiger partial charge on any atom is 0.306 e. The summed E-state index contributed by atoms with van der Waals surface area (Å²) in [4.78, 5) is 11.1. The van der Waals surface area contributed by atoms with Gasteiger partial charge in [0.25, 0.3) is 0 Å². The van der Waals surface area contributed by atoms with Crippen LogP contribution in [0.1, 0.15) is 33.1 Å². The molecular weight excluding hydrogens is 168 g/mol. The van der Waals surface area contributed by atoms with E-state index < -0.39 is 0 Å². The van der Waals surface area contributed by atoms with Gasteiger partial charge in [-0.25, -0.2) is 0 Å². The SMILES string of the molecule is CC(C)CC(=O)OCC1CCCO1. The molecule has 0 aromatic carbocycles. The first kappa shape index (κ1) is 10.5. The van der Waals surface area contributed by atoms with Gasteiger partial charge in [0.1, 0.15) is 6.61 Å². The van der Waals surface area contributed by atoms with Crippen LogP contribution in [-0.4, -0.2) is 25.3 Å². The lowest BCUT2D eigenvalue weighted by atomic mass is 10.1.